The average molecular weight is 162 g/mol. The molecule has 66 valence electrons. The highest BCUT2D eigenvalue weighted by Crippen LogP contribution is 2.27. The van der Waals surface area contributed by atoms with Gasteiger partial charge in [-0.3, -0.25) is 0 Å². The number of aliphatic hydroxyl groups is 3. The van der Waals surface area contributed by atoms with Gasteiger partial charge in [0.15, 0.2) is 6.29 Å². The van der Waals surface area contributed by atoms with E-state index >= 15 is 0 Å². The van der Waals surface area contributed by atoms with Gasteiger partial charge in [0.1, 0.15) is 5.60 Å². The Balaban J connectivity index is 2.63. The molecule has 0 amide bonds. The average Bonchev–Trinajstić information content (AvgIpc) is 1.83. The van der Waals surface area contributed by atoms with E-state index in [1.807, 2.05) is 0 Å². The fraction of sp³-hybridized carbons (Fsp3) is 1.00. The monoisotopic (exact) mass is 162 g/mol. The summed E-state index contributed by atoms with van der Waals surface area (Å²) >= 11 is 0. The van der Waals surface area contributed by atoms with Crippen molar-refractivity contribution in [1.82, 2.24) is 0 Å². The third kappa shape index (κ3) is 1.70. The van der Waals surface area contributed by atoms with Gasteiger partial charge in [0.25, 0.3) is 0 Å². The molecule has 11 heavy (non-hydrogen) atoms. The zero-order chi connectivity index (χ0) is 8.65. The lowest BCUT2D eigenvalue weighted by Gasteiger charge is -2.39. The highest BCUT2D eigenvalue weighted by Gasteiger charge is 2.41. The molecular formula is C7H14O4. The van der Waals surface area contributed by atoms with E-state index < -0.39 is 24.1 Å². The van der Waals surface area contributed by atoms with Gasteiger partial charge in [-0.2, -0.15) is 0 Å². The molecule has 1 heterocycles. The molecule has 1 aliphatic heterocycles. The lowest BCUT2D eigenvalue weighted by molar-refractivity contribution is -0.278. The van der Waals surface area contributed by atoms with Gasteiger partial charge in [-0.25, -0.2) is 0 Å². The summed E-state index contributed by atoms with van der Waals surface area (Å²) in [5.41, 5.74) is -1.33. The van der Waals surface area contributed by atoms with Crippen molar-refractivity contribution in [2.75, 3.05) is 0 Å². The third-order valence-corrected chi connectivity index (χ3v) is 2.04. The third-order valence-electron chi connectivity index (χ3n) is 2.04. The Labute approximate surface area is 65.4 Å². The zero-order valence-electron chi connectivity index (χ0n) is 6.69. The minimum Gasteiger partial charge on any atom is -0.390 e. The first-order valence-corrected chi connectivity index (χ1v) is 3.67. The SMILES string of the molecule is C[C@H]1O[C@@H](O)[C@](C)(O)C[C@@H]1O. The van der Waals surface area contributed by atoms with Gasteiger partial charge in [-0.1, -0.05) is 0 Å². The van der Waals surface area contributed by atoms with Crippen molar-refractivity contribution >= 4 is 0 Å². The van der Waals surface area contributed by atoms with E-state index in [2.05, 4.69) is 0 Å². The maximum Gasteiger partial charge on any atom is 0.183 e. The van der Waals surface area contributed by atoms with Gasteiger partial charge in [-0.15, -0.1) is 0 Å². The number of ether oxygens (including phenoxy) is 1. The van der Waals surface area contributed by atoms with Gasteiger partial charge < -0.3 is 20.1 Å². The number of hydrogen-bond donors (Lipinski definition) is 3. The Hall–Kier alpha value is -0.160. The van der Waals surface area contributed by atoms with Crippen LogP contribution in [-0.4, -0.2) is 39.4 Å². The zero-order valence-corrected chi connectivity index (χ0v) is 6.69. The fourth-order valence-corrected chi connectivity index (χ4v) is 1.13. The molecule has 0 bridgehead atoms. The normalized spacial score (nSPS) is 52.6. The molecule has 0 saturated carbocycles. The molecular weight excluding hydrogens is 148 g/mol. The van der Waals surface area contributed by atoms with Crippen LogP contribution < -0.4 is 0 Å². The van der Waals surface area contributed by atoms with E-state index in [9.17, 15) is 10.2 Å². The molecule has 0 radical (unpaired) electrons. The lowest BCUT2D eigenvalue weighted by atomic mass is 9.92. The summed E-state index contributed by atoms with van der Waals surface area (Å²) < 4.78 is 4.87. The molecule has 4 atom stereocenters. The van der Waals surface area contributed by atoms with Gasteiger partial charge in [-0.05, 0) is 13.8 Å². The van der Waals surface area contributed by atoms with Crippen molar-refractivity contribution in [1.29, 1.82) is 0 Å². The number of rotatable bonds is 0. The number of aliphatic hydroxyl groups excluding tert-OH is 2. The van der Waals surface area contributed by atoms with Crippen LogP contribution in [0.5, 0.6) is 0 Å². The van der Waals surface area contributed by atoms with Crippen LogP contribution in [0.15, 0.2) is 0 Å². The highest BCUT2D eigenvalue weighted by atomic mass is 16.6. The largest absolute Gasteiger partial charge is 0.390 e. The van der Waals surface area contributed by atoms with E-state index in [-0.39, 0.29) is 6.42 Å². The Morgan fingerprint density at radius 2 is 2.00 bits per heavy atom. The van der Waals surface area contributed by atoms with Gasteiger partial charge in [0.05, 0.1) is 12.2 Å². The van der Waals surface area contributed by atoms with Gasteiger partial charge in [0, 0.05) is 6.42 Å². The lowest BCUT2D eigenvalue weighted by Crippen LogP contribution is -2.53. The highest BCUT2D eigenvalue weighted by molar-refractivity contribution is 4.87. The minimum atomic E-state index is -1.33. The number of hydrogen-bond acceptors (Lipinski definition) is 4. The van der Waals surface area contributed by atoms with Crippen LogP contribution in [0.25, 0.3) is 0 Å². The minimum absolute atomic E-state index is 0.148. The fourth-order valence-electron chi connectivity index (χ4n) is 1.13. The molecule has 0 aliphatic carbocycles. The molecule has 0 aromatic carbocycles. The van der Waals surface area contributed by atoms with Gasteiger partial charge in [0.2, 0.25) is 0 Å². The molecule has 4 heteroatoms. The van der Waals surface area contributed by atoms with Crippen LogP contribution in [-0.2, 0) is 4.74 Å². The van der Waals surface area contributed by atoms with Crippen molar-refractivity contribution < 1.29 is 20.1 Å². The van der Waals surface area contributed by atoms with Crippen molar-refractivity contribution in [3.05, 3.63) is 0 Å². The Morgan fingerprint density at radius 3 is 2.45 bits per heavy atom. The first-order valence-electron chi connectivity index (χ1n) is 3.67. The predicted molar refractivity (Wildman–Crippen MR) is 37.8 cm³/mol. The maximum atomic E-state index is 9.40. The second-order valence-electron chi connectivity index (χ2n) is 3.32. The van der Waals surface area contributed by atoms with Crippen molar-refractivity contribution in [3.8, 4) is 0 Å². The standard InChI is InChI=1S/C7H14O4/c1-4-5(8)3-7(2,10)6(9)11-4/h4-6,8-10H,3H2,1-2H3/t4-,5+,6-,7-/m1/s1. The predicted octanol–water partition coefficient (Wildman–Crippen LogP) is -0.774. The smallest absolute Gasteiger partial charge is 0.183 e. The van der Waals surface area contributed by atoms with Crippen LogP contribution in [0, 0.1) is 0 Å². The first kappa shape index (κ1) is 8.93. The Morgan fingerprint density at radius 1 is 1.45 bits per heavy atom. The second kappa shape index (κ2) is 2.71. The molecule has 3 N–H and O–H groups in total. The van der Waals surface area contributed by atoms with E-state index in [1.165, 1.54) is 6.92 Å². The summed E-state index contributed by atoms with van der Waals surface area (Å²) in [7, 11) is 0. The van der Waals surface area contributed by atoms with Crippen LogP contribution >= 0.6 is 0 Å². The van der Waals surface area contributed by atoms with E-state index in [0.29, 0.717) is 0 Å². The summed E-state index contributed by atoms with van der Waals surface area (Å²) in [6.07, 6.45) is -2.16. The molecule has 0 unspecified atom stereocenters. The summed E-state index contributed by atoms with van der Waals surface area (Å²) in [5.74, 6) is 0. The molecule has 0 spiro atoms. The second-order valence-corrected chi connectivity index (χ2v) is 3.32. The van der Waals surface area contributed by atoms with Crippen molar-refractivity contribution in [3.63, 3.8) is 0 Å². The van der Waals surface area contributed by atoms with Crippen LogP contribution in [0.4, 0.5) is 0 Å². The summed E-state index contributed by atoms with van der Waals surface area (Å²) in [6, 6.07) is 0. The summed E-state index contributed by atoms with van der Waals surface area (Å²) in [6.45, 7) is 3.09. The summed E-state index contributed by atoms with van der Waals surface area (Å²) in [4.78, 5) is 0. The van der Waals surface area contributed by atoms with E-state index in [0.717, 1.165) is 0 Å². The molecule has 4 nitrogen and oxygen atoms in total. The topological polar surface area (TPSA) is 69.9 Å². The van der Waals surface area contributed by atoms with E-state index in [1.54, 1.807) is 6.92 Å². The molecule has 0 aromatic rings. The molecule has 1 fully saturated rings. The summed E-state index contributed by atoms with van der Waals surface area (Å²) in [5, 5.41) is 27.8. The van der Waals surface area contributed by atoms with Crippen molar-refractivity contribution in [2.24, 2.45) is 0 Å². The molecule has 0 aromatic heterocycles. The Bertz CT molecular complexity index is 145. The quantitative estimate of drug-likeness (QED) is 0.437. The first-order chi connectivity index (χ1) is 4.93. The van der Waals surface area contributed by atoms with Gasteiger partial charge >= 0.3 is 0 Å². The van der Waals surface area contributed by atoms with Crippen LogP contribution in [0.3, 0.4) is 0 Å². The molecule has 1 saturated heterocycles. The maximum absolute atomic E-state index is 9.40. The van der Waals surface area contributed by atoms with Crippen molar-refractivity contribution in [2.45, 2.75) is 44.4 Å². The molecule has 1 aliphatic rings. The Kier molecular flexibility index (Phi) is 2.20. The molecule has 1 rings (SSSR count). The van der Waals surface area contributed by atoms with Crippen LogP contribution in [0.1, 0.15) is 20.3 Å². The van der Waals surface area contributed by atoms with Crippen LogP contribution in [0.2, 0.25) is 0 Å². The van der Waals surface area contributed by atoms with E-state index in [4.69, 9.17) is 9.84 Å².